The number of esters is 1. The van der Waals surface area contributed by atoms with Gasteiger partial charge in [0, 0.05) is 12.1 Å². The molecule has 0 aromatic heterocycles. The van der Waals surface area contributed by atoms with Gasteiger partial charge in [-0.05, 0) is 37.1 Å². The number of methoxy groups -OCH3 is 1. The van der Waals surface area contributed by atoms with E-state index in [2.05, 4.69) is 4.74 Å². The van der Waals surface area contributed by atoms with Crippen molar-refractivity contribution in [3.05, 3.63) is 46.5 Å². The van der Waals surface area contributed by atoms with Gasteiger partial charge in [0.05, 0.1) is 7.11 Å². The van der Waals surface area contributed by atoms with Gasteiger partial charge in [-0.3, -0.25) is 0 Å². The molecule has 0 amide bonds. The maximum absolute atomic E-state index is 11.6. The third-order valence-electron chi connectivity index (χ3n) is 3.40. The molecule has 0 spiro atoms. The minimum absolute atomic E-state index is 0.00426. The number of benzene rings is 2. The van der Waals surface area contributed by atoms with Crippen LogP contribution in [0.3, 0.4) is 0 Å². The van der Waals surface area contributed by atoms with Crippen LogP contribution in [0.25, 0.3) is 0 Å². The van der Waals surface area contributed by atoms with Crippen molar-refractivity contribution in [3.63, 3.8) is 0 Å². The predicted molar refractivity (Wildman–Crippen MR) is 84.1 cm³/mol. The summed E-state index contributed by atoms with van der Waals surface area (Å²) in [5.74, 6) is -2.38. The fourth-order valence-electron chi connectivity index (χ4n) is 2.38. The van der Waals surface area contributed by atoms with E-state index in [0.29, 0.717) is 11.1 Å². The Hall–Kier alpha value is -3.22. The Balaban J connectivity index is 2.50. The second kappa shape index (κ2) is 6.49. The third-order valence-corrected chi connectivity index (χ3v) is 3.40. The lowest BCUT2D eigenvalue weighted by Crippen LogP contribution is -2.05. The lowest BCUT2D eigenvalue weighted by molar-refractivity contribution is 0.0595. The summed E-state index contributed by atoms with van der Waals surface area (Å²) >= 11 is 0. The highest BCUT2D eigenvalue weighted by Crippen LogP contribution is 2.35. The summed E-state index contributed by atoms with van der Waals surface area (Å²) < 4.78 is 10.1. The van der Waals surface area contributed by atoms with Gasteiger partial charge in [0.1, 0.15) is 34.1 Å². The van der Waals surface area contributed by atoms with E-state index < -0.39 is 11.9 Å². The Morgan fingerprint density at radius 1 is 0.958 bits per heavy atom. The first-order chi connectivity index (χ1) is 11.2. The van der Waals surface area contributed by atoms with Crippen LogP contribution in [0.4, 0.5) is 0 Å². The molecule has 0 heterocycles. The predicted octanol–water partition coefficient (Wildman–Crippen LogP) is 2.99. The number of carboxylic acid groups (broad SMARTS) is 1. The summed E-state index contributed by atoms with van der Waals surface area (Å²) in [6.45, 7) is 3.10. The fraction of sp³-hybridized carbons (Fsp3) is 0.176. The number of aryl methyl sites for hydroxylation is 2. The third kappa shape index (κ3) is 3.24. The number of carbonyl (C=O) groups is 2. The van der Waals surface area contributed by atoms with E-state index in [-0.39, 0.29) is 34.1 Å². The smallest absolute Gasteiger partial charge is 0.341 e. The van der Waals surface area contributed by atoms with Crippen LogP contribution in [0.5, 0.6) is 23.0 Å². The van der Waals surface area contributed by atoms with Crippen LogP contribution in [0.15, 0.2) is 24.3 Å². The number of rotatable bonds is 4. The van der Waals surface area contributed by atoms with Crippen molar-refractivity contribution in [2.24, 2.45) is 0 Å². The number of ether oxygens (including phenoxy) is 2. The molecular formula is C17H16O7. The zero-order valence-corrected chi connectivity index (χ0v) is 13.3. The summed E-state index contributed by atoms with van der Waals surface area (Å²) in [7, 11) is 1.19. The number of hydrogen-bond acceptors (Lipinski definition) is 6. The fourth-order valence-corrected chi connectivity index (χ4v) is 2.38. The Morgan fingerprint density at radius 2 is 1.58 bits per heavy atom. The van der Waals surface area contributed by atoms with E-state index in [0.717, 1.165) is 6.07 Å². The molecule has 0 saturated carbocycles. The van der Waals surface area contributed by atoms with Crippen molar-refractivity contribution in [1.29, 1.82) is 0 Å². The molecule has 126 valence electrons. The van der Waals surface area contributed by atoms with E-state index in [1.807, 2.05) is 0 Å². The van der Waals surface area contributed by atoms with Crippen molar-refractivity contribution in [2.75, 3.05) is 7.11 Å². The molecule has 0 aliphatic carbocycles. The zero-order valence-electron chi connectivity index (χ0n) is 13.3. The second-order valence-corrected chi connectivity index (χ2v) is 5.17. The molecule has 0 aliphatic heterocycles. The lowest BCUT2D eigenvalue weighted by Gasteiger charge is -2.14. The average molecular weight is 332 g/mol. The quantitative estimate of drug-likeness (QED) is 0.737. The van der Waals surface area contributed by atoms with Crippen LogP contribution in [0, 0.1) is 13.8 Å². The van der Waals surface area contributed by atoms with Gasteiger partial charge in [0.2, 0.25) is 0 Å². The standard InChI is InChI=1S/C17H16O7/c1-8-4-10(18)6-13(15(8)16(20)21)24-11-5-9(2)14(12(19)7-11)17(22)23-3/h4-7,18-19H,1-3H3,(H,20,21). The van der Waals surface area contributed by atoms with E-state index in [1.54, 1.807) is 6.92 Å². The molecule has 0 atom stereocenters. The van der Waals surface area contributed by atoms with Gasteiger partial charge in [-0.2, -0.15) is 0 Å². The number of phenols is 2. The molecule has 2 aromatic carbocycles. The van der Waals surface area contributed by atoms with Gasteiger partial charge < -0.3 is 24.8 Å². The van der Waals surface area contributed by atoms with Crippen LogP contribution in [-0.2, 0) is 4.74 Å². The SMILES string of the molecule is COC(=O)c1c(C)cc(Oc2cc(O)cc(C)c2C(=O)O)cc1O. The van der Waals surface area contributed by atoms with Crippen molar-refractivity contribution in [2.45, 2.75) is 13.8 Å². The van der Waals surface area contributed by atoms with Crippen molar-refractivity contribution in [1.82, 2.24) is 0 Å². The molecule has 7 heteroatoms. The maximum Gasteiger partial charge on any atom is 0.341 e. The zero-order chi connectivity index (χ0) is 18.0. The van der Waals surface area contributed by atoms with Crippen molar-refractivity contribution < 1.29 is 34.4 Å². The maximum atomic E-state index is 11.6. The first-order valence-electron chi connectivity index (χ1n) is 6.91. The molecule has 0 aliphatic rings. The number of aromatic hydroxyl groups is 2. The molecule has 0 bridgehead atoms. The van der Waals surface area contributed by atoms with Gasteiger partial charge >= 0.3 is 11.9 Å². The van der Waals surface area contributed by atoms with Crippen molar-refractivity contribution in [3.8, 4) is 23.0 Å². The van der Waals surface area contributed by atoms with Gasteiger partial charge in [-0.15, -0.1) is 0 Å². The molecule has 2 rings (SSSR count). The Kier molecular flexibility index (Phi) is 4.64. The summed E-state index contributed by atoms with van der Waals surface area (Å²) in [6, 6.07) is 5.09. The molecule has 0 radical (unpaired) electrons. The Morgan fingerprint density at radius 3 is 2.12 bits per heavy atom. The minimum atomic E-state index is -1.21. The van der Waals surface area contributed by atoms with E-state index in [4.69, 9.17) is 4.74 Å². The molecule has 3 N–H and O–H groups in total. The van der Waals surface area contributed by atoms with Crippen LogP contribution in [-0.4, -0.2) is 34.4 Å². The van der Waals surface area contributed by atoms with Gasteiger partial charge in [-0.1, -0.05) is 0 Å². The molecular weight excluding hydrogens is 316 g/mol. The molecule has 2 aromatic rings. The highest BCUT2D eigenvalue weighted by molar-refractivity contribution is 5.94. The molecule has 0 saturated heterocycles. The number of carboxylic acids is 1. The van der Waals surface area contributed by atoms with Gasteiger partial charge in [0.15, 0.2) is 0 Å². The highest BCUT2D eigenvalue weighted by atomic mass is 16.5. The van der Waals surface area contributed by atoms with Crippen LogP contribution in [0.2, 0.25) is 0 Å². The first-order valence-corrected chi connectivity index (χ1v) is 6.91. The van der Waals surface area contributed by atoms with Crippen LogP contribution >= 0.6 is 0 Å². The molecule has 0 unspecified atom stereocenters. The number of aromatic carboxylic acids is 1. The molecule has 7 nitrogen and oxygen atoms in total. The normalized spacial score (nSPS) is 10.3. The molecule has 0 fully saturated rings. The van der Waals surface area contributed by atoms with E-state index in [1.165, 1.54) is 32.2 Å². The summed E-state index contributed by atoms with van der Waals surface area (Å²) in [5, 5.41) is 28.9. The van der Waals surface area contributed by atoms with Crippen LogP contribution in [0.1, 0.15) is 31.8 Å². The summed E-state index contributed by atoms with van der Waals surface area (Å²) in [4.78, 5) is 23.0. The monoisotopic (exact) mass is 332 g/mol. The first kappa shape index (κ1) is 17.1. The van der Waals surface area contributed by atoms with Gasteiger partial charge in [-0.25, -0.2) is 9.59 Å². The largest absolute Gasteiger partial charge is 0.508 e. The van der Waals surface area contributed by atoms with Gasteiger partial charge in [0.25, 0.3) is 0 Å². The highest BCUT2D eigenvalue weighted by Gasteiger charge is 2.20. The minimum Gasteiger partial charge on any atom is -0.508 e. The topological polar surface area (TPSA) is 113 Å². The summed E-state index contributed by atoms with van der Waals surface area (Å²) in [6.07, 6.45) is 0. The number of carbonyl (C=O) groups excluding carboxylic acids is 1. The average Bonchev–Trinajstić information content (AvgIpc) is 2.44. The Labute approximate surface area is 137 Å². The summed E-state index contributed by atoms with van der Waals surface area (Å²) in [5.41, 5.74) is 0.604. The molecule has 24 heavy (non-hydrogen) atoms. The second-order valence-electron chi connectivity index (χ2n) is 5.17. The van der Waals surface area contributed by atoms with Crippen LogP contribution < -0.4 is 4.74 Å². The Bertz CT molecular complexity index is 801. The lowest BCUT2D eigenvalue weighted by atomic mass is 10.1. The number of hydrogen-bond donors (Lipinski definition) is 3. The van der Waals surface area contributed by atoms with Crippen molar-refractivity contribution >= 4 is 11.9 Å². The van der Waals surface area contributed by atoms with E-state index in [9.17, 15) is 24.9 Å². The van der Waals surface area contributed by atoms with E-state index >= 15 is 0 Å². The number of phenolic OH excluding ortho intramolecular Hbond substituents is 2.